The Bertz CT molecular complexity index is 1020. The highest BCUT2D eigenvalue weighted by molar-refractivity contribution is 6.10. The number of benzene rings is 2. The Hall–Kier alpha value is -2.97. The van der Waals surface area contributed by atoms with E-state index in [1.165, 1.54) is 7.11 Å². The lowest BCUT2D eigenvalue weighted by Gasteiger charge is -2.32. The van der Waals surface area contributed by atoms with Crippen LogP contribution in [0.5, 0.6) is 11.5 Å². The molecule has 1 aliphatic heterocycles. The third kappa shape index (κ3) is 7.51. The van der Waals surface area contributed by atoms with Crippen LogP contribution >= 0.6 is 12.4 Å². The van der Waals surface area contributed by atoms with Crippen LogP contribution in [-0.4, -0.2) is 75.6 Å². The number of carbonyl (C=O) groups excluding carboxylic acids is 2. The van der Waals surface area contributed by atoms with Crippen molar-refractivity contribution in [3.8, 4) is 11.5 Å². The monoisotopic (exact) mass is 518 g/mol. The van der Waals surface area contributed by atoms with Crippen LogP contribution in [0, 0.1) is 6.92 Å². The summed E-state index contributed by atoms with van der Waals surface area (Å²) in [5.41, 5.74) is 8.55. The molecule has 0 bridgehead atoms. The van der Waals surface area contributed by atoms with Gasteiger partial charge in [0.1, 0.15) is 11.5 Å². The van der Waals surface area contributed by atoms with Gasteiger partial charge >= 0.3 is 0 Å². The van der Waals surface area contributed by atoms with E-state index in [-0.39, 0.29) is 24.2 Å². The first-order valence-corrected chi connectivity index (χ1v) is 12.2. The lowest BCUT2D eigenvalue weighted by Crippen LogP contribution is -2.47. The summed E-state index contributed by atoms with van der Waals surface area (Å²) in [6.07, 6.45) is 3.18. The van der Waals surface area contributed by atoms with E-state index in [0.717, 1.165) is 51.0 Å². The fourth-order valence-electron chi connectivity index (χ4n) is 4.16. The highest BCUT2D eigenvalue weighted by Crippen LogP contribution is 2.32. The van der Waals surface area contributed by atoms with Crippen molar-refractivity contribution >= 4 is 35.6 Å². The second-order valence-electron chi connectivity index (χ2n) is 9.10. The number of halogens is 1. The molecular weight excluding hydrogens is 480 g/mol. The molecule has 3 rings (SSSR count). The van der Waals surface area contributed by atoms with Gasteiger partial charge in [-0.15, -0.1) is 12.4 Å². The molecule has 198 valence electrons. The number of methoxy groups -OCH3 is 1. The molecule has 36 heavy (non-hydrogen) atoms. The van der Waals surface area contributed by atoms with Crippen LogP contribution in [0.1, 0.15) is 41.6 Å². The summed E-state index contributed by atoms with van der Waals surface area (Å²) in [6.45, 7) is 6.04. The fraction of sp³-hybridized carbons (Fsp3) is 0.481. The second-order valence-corrected chi connectivity index (χ2v) is 9.10. The summed E-state index contributed by atoms with van der Waals surface area (Å²) >= 11 is 0. The smallest absolute Gasteiger partial charge is 0.260 e. The number of anilines is 2. The van der Waals surface area contributed by atoms with Gasteiger partial charge in [-0.2, -0.15) is 0 Å². The average Bonchev–Trinajstić information content (AvgIpc) is 2.85. The first kappa shape index (κ1) is 29.3. The largest absolute Gasteiger partial charge is 0.495 e. The van der Waals surface area contributed by atoms with Crippen LogP contribution in [0.3, 0.4) is 0 Å². The van der Waals surface area contributed by atoms with Crippen molar-refractivity contribution < 1.29 is 19.1 Å². The van der Waals surface area contributed by atoms with Gasteiger partial charge in [0.2, 0.25) is 5.91 Å². The Labute approximate surface area is 220 Å². The molecule has 0 saturated carbocycles. The molecule has 2 aromatic rings. The highest BCUT2D eigenvalue weighted by atomic mass is 35.5. The lowest BCUT2D eigenvalue weighted by atomic mass is 10.1. The number of para-hydroxylation sites is 1. The number of likely N-dealkylation sites (N-methyl/N-ethyl adjacent to an activating group) is 1. The predicted octanol–water partition coefficient (Wildman–Crippen LogP) is 4.00. The summed E-state index contributed by atoms with van der Waals surface area (Å²) in [5, 5.41) is 0. The normalized spacial score (nSPS) is 13.6. The third-order valence-electron chi connectivity index (χ3n) is 6.45. The van der Waals surface area contributed by atoms with Gasteiger partial charge < -0.3 is 29.9 Å². The van der Waals surface area contributed by atoms with Gasteiger partial charge in [0.25, 0.3) is 5.91 Å². The average molecular weight is 519 g/mol. The molecular formula is C27H39ClN4O4. The van der Waals surface area contributed by atoms with Gasteiger partial charge in [-0.05, 0) is 63.1 Å². The van der Waals surface area contributed by atoms with E-state index in [1.54, 1.807) is 30.1 Å². The van der Waals surface area contributed by atoms with Crippen molar-refractivity contribution in [2.75, 3.05) is 64.6 Å². The zero-order valence-corrected chi connectivity index (χ0v) is 22.6. The first-order valence-electron chi connectivity index (χ1n) is 12.2. The molecule has 1 saturated heterocycles. The Morgan fingerprint density at radius 2 is 1.75 bits per heavy atom. The molecule has 1 heterocycles. The Morgan fingerprint density at radius 3 is 2.44 bits per heavy atom. The molecule has 0 aliphatic carbocycles. The number of nitrogens with zero attached hydrogens (tertiary/aromatic N) is 3. The molecule has 1 aliphatic rings. The number of amides is 2. The number of hydrogen-bond donors (Lipinski definition) is 1. The third-order valence-corrected chi connectivity index (χ3v) is 6.45. The molecule has 1 fully saturated rings. The van der Waals surface area contributed by atoms with Crippen molar-refractivity contribution in [3.63, 3.8) is 0 Å². The minimum Gasteiger partial charge on any atom is -0.495 e. The predicted molar refractivity (Wildman–Crippen MR) is 147 cm³/mol. The molecule has 0 radical (unpaired) electrons. The number of hydrogen-bond acceptors (Lipinski definition) is 6. The zero-order valence-electron chi connectivity index (χ0n) is 21.8. The molecule has 0 unspecified atom stereocenters. The van der Waals surface area contributed by atoms with E-state index < -0.39 is 0 Å². The minimum absolute atomic E-state index is 0. The SMILES string of the molecule is COc1cccc(C(=O)N(C)c2ccc(C)cc2OCCCCCC(=O)N2CCN(C)CC2)c1N.Cl. The molecule has 0 spiro atoms. The summed E-state index contributed by atoms with van der Waals surface area (Å²) < 4.78 is 11.3. The van der Waals surface area contributed by atoms with Gasteiger partial charge in [-0.3, -0.25) is 9.59 Å². The summed E-state index contributed by atoms with van der Waals surface area (Å²) in [4.78, 5) is 31.3. The molecule has 2 N–H and O–H groups in total. The number of nitrogen functional groups attached to an aromatic ring is 1. The molecule has 0 atom stereocenters. The first-order chi connectivity index (χ1) is 16.8. The van der Waals surface area contributed by atoms with Crippen molar-refractivity contribution in [1.29, 1.82) is 0 Å². The van der Waals surface area contributed by atoms with Crippen molar-refractivity contribution in [3.05, 3.63) is 47.5 Å². The van der Waals surface area contributed by atoms with Crippen LogP contribution in [0.15, 0.2) is 36.4 Å². The van der Waals surface area contributed by atoms with E-state index >= 15 is 0 Å². The Kier molecular flexibility index (Phi) is 11.3. The van der Waals surface area contributed by atoms with E-state index in [0.29, 0.717) is 41.5 Å². The van der Waals surface area contributed by atoms with Gasteiger partial charge in [0.05, 0.1) is 30.7 Å². The highest BCUT2D eigenvalue weighted by Gasteiger charge is 2.21. The Morgan fingerprint density at radius 1 is 1.03 bits per heavy atom. The van der Waals surface area contributed by atoms with Crippen LogP contribution in [0.25, 0.3) is 0 Å². The topological polar surface area (TPSA) is 88.3 Å². The Balaban J connectivity index is 0.00000456. The molecule has 9 heteroatoms. The molecule has 2 amide bonds. The number of carbonyl (C=O) groups is 2. The quantitative estimate of drug-likeness (QED) is 0.378. The van der Waals surface area contributed by atoms with Crippen LogP contribution < -0.4 is 20.1 Å². The minimum atomic E-state index is -0.238. The van der Waals surface area contributed by atoms with Gasteiger partial charge in [0, 0.05) is 39.6 Å². The van der Waals surface area contributed by atoms with Crippen LogP contribution in [0.2, 0.25) is 0 Å². The maximum atomic E-state index is 13.2. The molecule has 8 nitrogen and oxygen atoms in total. The van der Waals surface area contributed by atoms with Crippen molar-refractivity contribution in [2.45, 2.75) is 32.6 Å². The number of piperazine rings is 1. The fourth-order valence-corrected chi connectivity index (χ4v) is 4.16. The van der Waals surface area contributed by atoms with Gasteiger partial charge in [-0.1, -0.05) is 12.1 Å². The number of nitrogens with two attached hydrogens (primary N) is 1. The summed E-state index contributed by atoms with van der Waals surface area (Å²) in [6, 6.07) is 10.9. The second kappa shape index (κ2) is 13.9. The molecule has 2 aromatic carbocycles. The zero-order chi connectivity index (χ0) is 25.4. The number of rotatable bonds is 10. The number of ether oxygens (including phenoxy) is 2. The van der Waals surface area contributed by atoms with Gasteiger partial charge in [0.15, 0.2) is 0 Å². The maximum absolute atomic E-state index is 13.2. The van der Waals surface area contributed by atoms with Gasteiger partial charge in [-0.25, -0.2) is 0 Å². The summed E-state index contributed by atoms with van der Waals surface area (Å²) in [7, 11) is 5.32. The van der Waals surface area contributed by atoms with Crippen molar-refractivity contribution in [2.24, 2.45) is 0 Å². The number of unbranched alkanes of at least 4 members (excludes halogenated alkanes) is 2. The number of aryl methyl sites for hydroxylation is 1. The van der Waals surface area contributed by atoms with E-state index in [1.807, 2.05) is 30.0 Å². The van der Waals surface area contributed by atoms with Crippen LogP contribution in [0.4, 0.5) is 11.4 Å². The molecule has 0 aromatic heterocycles. The van der Waals surface area contributed by atoms with Crippen molar-refractivity contribution in [1.82, 2.24) is 9.80 Å². The summed E-state index contributed by atoms with van der Waals surface area (Å²) in [5.74, 6) is 1.13. The van der Waals surface area contributed by atoms with E-state index in [4.69, 9.17) is 15.2 Å². The van der Waals surface area contributed by atoms with E-state index in [9.17, 15) is 9.59 Å². The lowest BCUT2D eigenvalue weighted by molar-refractivity contribution is -0.132. The van der Waals surface area contributed by atoms with Crippen LogP contribution in [-0.2, 0) is 4.79 Å². The van der Waals surface area contributed by atoms with E-state index in [2.05, 4.69) is 11.9 Å². The maximum Gasteiger partial charge on any atom is 0.260 e. The standard InChI is InChI=1S/C27H38N4O4.ClH/c1-20-12-13-22(30(3)27(33)21-9-8-10-23(34-4)26(21)28)24(19-20)35-18-7-5-6-11-25(32)31-16-14-29(2)15-17-31;/h8-10,12-13,19H,5-7,11,14-18,28H2,1-4H3;1H.